The lowest BCUT2D eigenvalue weighted by Gasteiger charge is -2.25. The molecule has 0 amide bonds. The van der Waals surface area contributed by atoms with Gasteiger partial charge in [-0.1, -0.05) is 25.7 Å². The topological polar surface area (TPSA) is 75.4 Å². The molecular weight excluding hydrogens is 290 g/mol. The van der Waals surface area contributed by atoms with E-state index in [1.165, 1.54) is 23.3 Å². The van der Waals surface area contributed by atoms with Crippen LogP contribution in [0.25, 0.3) is 0 Å². The van der Waals surface area contributed by atoms with Crippen LogP contribution >= 0.6 is 0 Å². The second kappa shape index (κ2) is 7.38. The van der Waals surface area contributed by atoms with E-state index in [2.05, 4.69) is 5.10 Å². The molecule has 1 N–H and O–H groups in total. The number of rotatable bonds is 6. The van der Waals surface area contributed by atoms with Gasteiger partial charge in [0.1, 0.15) is 4.90 Å². The van der Waals surface area contributed by atoms with Crippen LogP contribution in [0.2, 0.25) is 0 Å². The fourth-order valence-corrected chi connectivity index (χ4v) is 4.19. The summed E-state index contributed by atoms with van der Waals surface area (Å²) in [6.45, 7) is 0.600. The molecule has 0 atom stereocenters. The molecule has 1 aliphatic rings. The van der Waals surface area contributed by atoms with E-state index in [9.17, 15) is 8.42 Å². The number of sulfonamides is 1. The predicted octanol–water partition coefficient (Wildman–Crippen LogP) is 1.61. The van der Waals surface area contributed by atoms with Crippen LogP contribution in [0.1, 0.15) is 44.9 Å². The Balaban J connectivity index is 2.10. The van der Waals surface area contributed by atoms with Gasteiger partial charge in [-0.3, -0.25) is 4.68 Å². The standard InChI is InChI=1S/C14H25N3O3S/c1-16(13-7-4-2-3-5-8-13)21(19,20)14-11-15-17(12-14)9-6-10-18/h11-13,18H,2-10H2,1H3. The summed E-state index contributed by atoms with van der Waals surface area (Å²) in [5.41, 5.74) is 0. The molecule has 0 saturated heterocycles. The minimum Gasteiger partial charge on any atom is -0.396 e. The van der Waals surface area contributed by atoms with Gasteiger partial charge in [0.15, 0.2) is 0 Å². The molecule has 1 saturated carbocycles. The van der Waals surface area contributed by atoms with Gasteiger partial charge in [0.25, 0.3) is 0 Å². The van der Waals surface area contributed by atoms with Crippen molar-refractivity contribution in [2.24, 2.45) is 0 Å². The number of aryl methyl sites for hydroxylation is 1. The van der Waals surface area contributed by atoms with Crippen molar-refractivity contribution in [3.05, 3.63) is 12.4 Å². The first-order valence-electron chi connectivity index (χ1n) is 7.67. The number of aliphatic hydroxyl groups excluding tert-OH is 1. The van der Waals surface area contributed by atoms with Gasteiger partial charge in [-0.15, -0.1) is 0 Å². The van der Waals surface area contributed by atoms with Crippen LogP contribution in [0.15, 0.2) is 17.3 Å². The Morgan fingerprint density at radius 1 is 1.33 bits per heavy atom. The highest BCUT2D eigenvalue weighted by molar-refractivity contribution is 7.89. The number of hydrogen-bond donors (Lipinski definition) is 1. The molecule has 2 rings (SSSR count). The summed E-state index contributed by atoms with van der Waals surface area (Å²) in [5.74, 6) is 0. The molecule has 0 bridgehead atoms. The summed E-state index contributed by atoms with van der Waals surface area (Å²) in [6.07, 6.45) is 9.99. The average molecular weight is 315 g/mol. The zero-order valence-electron chi connectivity index (χ0n) is 12.6. The lowest BCUT2D eigenvalue weighted by molar-refractivity contribution is 0.277. The van der Waals surface area contributed by atoms with Crippen molar-refractivity contribution in [1.29, 1.82) is 0 Å². The quantitative estimate of drug-likeness (QED) is 0.809. The van der Waals surface area contributed by atoms with Crippen LogP contribution in [-0.4, -0.2) is 47.3 Å². The molecule has 0 radical (unpaired) electrons. The summed E-state index contributed by atoms with van der Waals surface area (Å²) in [7, 11) is -1.79. The lowest BCUT2D eigenvalue weighted by atomic mass is 10.1. The normalized spacial score (nSPS) is 18.0. The smallest absolute Gasteiger partial charge is 0.246 e. The van der Waals surface area contributed by atoms with Gasteiger partial charge in [-0.25, -0.2) is 8.42 Å². The Hall–Kier alpha value is -0.920. The van der Waals surface area contributed by atoms with E-state index in [1.54, 1.807) is 17.9 Å². The second-order valence-corrected chi connectivity index (χ2v) is 7.68. The highest BCUT2D eigenvalue weighted by atomic mass is 32.2. The van der Waals surface area contributed by atoms with Gasteiger partial charge in [-0.2, -0.15) is 9.40 Å². The number of aromatic nitrogens is 2. The van der Waals surface area contributed by atoms with Gasteiger partial charge < -0.3 is 5.11 Å². The first kappa shape index (κ1) is 16.5. The Bertz CT molecular complexity index is 533. The van der Waals surface area contributed by atoms with Crippen molar-refractivity contribution in [2.75, 3.05) is 13.7 Å². The molecule has 1 aliphatic carbocycles. The highest BCUT2D eigenvalue weighted by Crippen LogP contribution is 2.25. The molecule has 0 aromatic carbocycles. The SMILES string of the molecule is CN(C1CCCCCC1)S(=O)(=O)c1cnn(CCCO)c1. The van der Waals surface area contributed by atoms with E-state index in [-0.39, 0.29) is 17.5 Å². The zero-order valence-corrected chi connectivity index (χ0v) is 13.4. The summed E-state index contributed by atoms with van der Waals surface area (Å²) in [4.78, 5) is 0.243. The number of nitrogens with zero attached hydrogens (tertiary/aromatic N) is 3. The first-order valence-corrected chi connectivity index (χ1v) is 9.11. The molecule has 7 heteroatoms. The monoisotopic (exact) mass is 315 g/mol. The van der Waals surface area contributed by atoms with Crippen molar-refractivity contribution >= 4 is 10.0 Å². The van der Waals surface area contributed by atoms with Gasteiger partial charge in [0.2, 0.25) is 10.0 Å². The van der Waals surface area contributed by atoms with Crippen molar-refractivity contribution in [2.45, 2.75) is 62.4 Å². The molecule has 120 valence electrons. The van der Waals surface area contributed by atoms with E-state index >= 15 is 0 Å². The Morgan fingerprint density at radius 3 is 2.62 bits per heavy atom. The summed E-state index contributed by atoms with van der Waals surface area (Å²) in [5, 5.41) is 12.9. The number of aliphatic hydroxyl groups is 1. The molecule has 6 nitrogen and oxygen atoms in total. The van der Waals surface area contributed by atoms with E-state index in [1.807, 2.05) is 0 Å². The summed E-state index contributed by atoms with van der Waals surface area (Å²) >= 11 is 0. The van der Waals surface area contributed by atoms with Gasteiger partial charge in [0.05, 0.1) is 6.20 Å². The zero-order chi connectivity index (χ0) is 15.3. The minimum absolute atomic E-state index is 0.0733. The lowest BCUT2D eigenvalue weighted by Crippen LogP contribution is -2.36. The van der Waals surface area contributed by atoms with E-state index in [0.717, 1.165) is 25.7 Å². The summed E-state index contributed by atoms with van der Waals surface area (Å²) in [6, 6.07) is 0.0956. The molecule has 1 aromatic heterocycles. The maximum atomic E-state index is 12.7. The van der Waals surface area contributed by atoms with Crippen LogP contribution in [0.5, 0.6) is 0 Å². The van der Waals surface area contributed by atoms with Gasteiger partial charge >= 0.3 is 0 Å². The Morgan fingerprint density at radius 2 is 2.00 bits per heavy atom. The maximum absolute atomic E-state index is 12.7. The fourth-order valence-electron chi connectivity index (χ4n) is 2.82. The minimum atomic E-state index is -3.47. The first-order chi connectivity index (χ1) is 10.1. The third-order valence-electron chi connectivity index (χ3n) is 4.17. The van der Waals surface area contributed by atoms with Crippen molar-refractivity contribution < 1.29 is 13.5 Å². The predicted molar refractivity (Wildman–Crippen MR) is 80.4 cm³/mol. The fraction of sp³-hybridized carbons (Fsp3) is 0.786. The van der Waals surface area contributed by atoms with Crippen LogP contribution in [0.3, 0.4) is 0 Å². The van der Waals surface area contributed by atoms with Crippen LogP contribution in [0.4, 0.5) is 0 Å². The van der Waals surface area contributed by atoms with E-state index in [4.69, 9.17) is 5.11 Å². The third-order valence-corrected chi connectivity index (χ3v) is 6.03. The highest BCUT2D eigenvalue weighted by Gasteiger charge is 2.29. The molecule has 0 aliphatic heterocycles. The third kappa shape index (κ3) is 4.05. The molecule has 0 unspecified atom stereocenters. The van der Waals surface area contributed by atoms with E-state index < -0.39 is 10.0 Å². The van der Waals surface area contributed by atoms with Crippen LogP contribution in [-0.2, 0) is 16.6 Å². The van der Waals surface area contributed by atoms with Crippen LogP contribution < -0.4 is 0 Å². The van der Waals surface area contributed by atoms with Gasteiger partial charge in [0, 0.05) is 32.4 Å². The Labute approximate surface area is 126 Å². The van der Waals surface area contributed by atoms with Crippen LogP contribution in [0, 0.1) is 0 Å². The van der Waals surface area contributed by atoms with Crippen molar-refractivity contribution in [1.82, 2.24) is 14.1 Å². The molecular formula is C14H25N3O3S. The van der Waals surface area contributed by atoms with E-state index in [0.29, 0.717) is 13.0 Å². The molecule has 1 fully saturated rings. The molecule has 0 spiro atoms. The van der Waals surface area contributed by atoms with Crippen molar-refractivity contribution in [3.63, 3.8) is 0 Å². The second-order valence-electron chi connectivity index (χ2n) is 5.68. The molecule has 1 aromatic rings. The largest absolute Gasteiger partial charge is 0.396 e. The summed E-state index contributed by atoms with van der Waals surface area (Å²) < 4.78 is 28.4. The average Bonchev–Trinajstić information content (AvgIpc) is 2.79. The van der Waals surface area contributed by atoms with Gasteiger partial charge in [-0.05, 0) is 19.3 Å². The maximum Gasteiger partial charge on any atom is 0.246 e. The van der Waals surface area contributed by atoms with Crippen molar-refractivity contribution in [3.8, 4) is 0 Å². The molecule has 1 heterocycles. The number of hydrogen-bond acceptors (Lipinski definition) is 4. The Kier molecular flexibility index (Phi) is 5.78. The molecule has 21 heavy (non-hydrogen) atoms.